The van der Waals surface area contributed by atoms with Gasteiger partial charge in [0.1, 0.15) is 11.4 Å². The van der Waals surface area contributed by atoms with Gasteiger partial charge in [0.15, 0.2) is 0 Å². The average molecular weight is 306 g/mol. The van der Waals surface area contributed by atoms with Gasteiger partial charge in [-0.1, -0.05) is 0 Å². The minimum absolute atomic E-state index is 0.0313. The van der Waals surface area contributed by atoms with E-state index in [1.807, 2.05) is 6.26 Å². The van der Waals surface area contributed by atoms with Crippen molar-refractivity contribution in [3.05, 3.63) is 64.0 Å². The molecule has 0 spiro atoms. The molecule has 0 radical (unpaired) electrons. The molecule has 2 aromatic rings. The lowest BCUT2D eigenvalue weighted by atomic mass is 10.1. The van der Waals surface area contributed by atoms with Gasteiger partial charge in [-0.2, -0.15) is 0 Å². The van der Waals surface area contributed by atoms with Crippen molar-refractivity contribution in [2.75, 3.05) is 11.6 Å². The van der Waals surface area contributed by atoms with Gasteiger partial charge in [0.25, 0.3) is 11.6 Å². The average Bonchev–Trinajstić information content (AvgIpc) is 2.48. The highest BCUT2D eigenvalue weighted by Gasteiger charge is 2.20. The summed E-state index contributed by atoms with van der Waals surface area (Å²) < 4.78 is 12.8. The molecular formula is C14H11FN2O3S. The van der Waals surface area contributed by atoms with E-state index in [0.717, 1.165) is 4.90 Å². The molecule has 0 atom stereocenters. The van der Waals surface area contributed by atoms with E-state index < -0.39 is 16.6 Å². The molecule has 2 rings (SSSR count). The van der Waals surface area contributed by atoms with E-state index in [1.54, 1.807) is 6.07 Å². The second-order valence-corrected chi connectivity index (χ2v) is 4.98. The van der Waals surface area contributed by atoms with E-state index in [-0.39, 0.29) is 11.3 Å². The van der Waals surface area contributed by atoms with Gasteiger partial charge in [0.05, 0.1) is 4.92 Å². The third-order valence-corrected chi connectivity index (χ3v) is 3.47. The molecule has 2 aromatic carbocycles. The van der Waals surface area contributed by atoms with Gasteiger partial charge in [-0.15, -0.1) is 11.8 Å². The zero-order valence-electron chi connectivity index (χ0n) is 11.0. The van der Waals surface area contributed by atoms with Crippen molar-refractivity contribution in [2.24, 2.45) is 0 Å². The van der Waals surface area contributed by atoms with Crippen molar-refractivity contribution in [1.82, 2.24) is 0 Å². The van der Waals surface area contributed by atoms with Crippen molar-refractivity contribution in [2.45, 2.75) is 4.90 Å². The Morgan fingerprint density at radius 1 is 1.24 bits per heavy atom. The van der Waals surface area contributed by atoms with E-state index >= 15 is 0 Å². The third-order valence-electron chi connectivity index (χ3n) is 2.75. The first-order chi connectivity index (χ1) is 10.0. The molecule has 0 heterocycles. The highest BCUT2D eigenvalue weighted by Crippen LogP contribution is 2.25. The first kappa shape index (κ1) is 15.0. The van der Waals surface area contributed by atoms with Crippen LogP contribution in [0.2, 0.25) is 0 Å². The first-order valence-corrected chi connectivity index (χ1v) is 7.13. The monoisotopic (exact) mass is 306 g/mol. The van der Waals surface area contributed by atoms with Crippen LogP contribution in [-0.4, -0.2) is 17.1 Å². The van der Waals surface area contributed by atoms with Crippen LogP contribution in [0.15, 0.2) is 47.4 Å². The van der Waals surface area contributed by atoms with Crippen LogP contribution in [0.4, 0.5) is 15.8 Å². The maximum absolute atomic E-state index is 12.8. The maximum atomic E-state index is 12.8. The third kappa shape index (κ3) is 3.57. The number of carbonyl (C=O) groups excluding carboxylic acids is 1. The first-order valence-electron chi connectivity index (χ1n) is 5.90. The Morgan fingerprint density at radius 3 is 2.48 bits per heavy atom. The second kappa shape index (κ2) is 6.36. The van der Waals surface area contributed by atoms with E-state index in [4.69, 9.17) is 0 Å². The largest absolute Gasteiger partial charge is 0.322 e. The Morgan fingerprint density at radius 2 is 1.90 bits per heavy atom. The fraction of sp³-hybridized carbons (Fsp3) is 0.0714. The fourth-order valence-corrected chi connectivity index (χ4v) is 2.15. The molecule has 0 saturated carbocycles. The number of amides is 1. The Hall–Kier alpha value is -2.41. The molecule has 0 aliphatic carbocycles. The number of nitrogens with zero attached hydrogens (tertiary/aromatic N) is 1. The van der Waals surface area contributed by atoms with Crippen LogP contribution >= 0.6 is 11.8 Å². The Labute approximate surface area is 124 Å². The van der Waals surface area contributed by atoms with Crippen LogP contribution < -0.4 is 5.32 Å². The predicted molar refractivity (Wildman–Crippen MR) is 79.2 cm³/mol. The summed E-state index contributed by atoms with van der Waals surface area (Å²) in [6.07, 6.45) is 1.81. The number of nitro groups is 1. The van der Waals surface area contributed by atoms with Crippen LogP contribution in [0.3, 0.4) is 0 Å². The van der Waals surface area contributed by atoms with Gasteiger partial charge in [0.2, 0.25) is 0 Å². The van der Waals surface area contributed by atoms with Gasteiger partial charge >= 0.3 is 0 Å². The number of hydrogen-bond donors (Lipinski definition) is 1. The van der Waals surface area contributed by atoms with Gasteiger partial charge in [-0.3, -0.25) is 14.9 Å². The molecule has 0 aromatic heterocycles. The number of anilines is 1. The molecule has 5 nitrogen and oxygen atoms in total. The molecule has 1 N–H and O–H groups in total. The summed E-state index contributed by atoms with van der Waals surface area (Å²) in [6, 6.07) is 9.50. The molecule has 0 fully saturated rings. The quantitative estimate of drug-likeness (QED) is 0.531. The molecular weight excluding hydrogens is 295 g/mol. The number of hydrogen-bond acceptors (Lipinski definition) is 4. The summed E-state index contributed by atoms with van der Waals surface area (Å²) >= 11 is 1.38. The Bertz CT molecular complexity index is 689. The van der Waals surface area contributed by atoms with E-state index in [9.17, 15) is 19.3 Å². The molecule has 1 amide bonds. The number of nitrogens with one attached hydrogen (secondary N) is 1. The number of thioether (sulfide) groups is 1. The van der Waals surface area contributed by atoms with Crippen molar-refractivity contribution in [3.8, 4) is 0 Å². The van der Waals surface area contributed by atoms with Crippen LogP contribution in [0, 0.1) is 15.9 Å². The molecule has 0 saturated heterocycles. The molecule has 0 bridgehead atoms. The van der Waals surface area contributed by atoms with Crippen LogP contribution in [0.25, 0.3) is 0 Å². The van der Waals surface area contributed by atoms with Gasteiger partial charge < -0.3 is 5.32 Å². The molecule has 0 unspecified atom stereocenters. The predicted octanol–water partition coefficient (Wildman–Crippen LogP) is 3.71. The lowest BCUT2D eigenvalue weighted by Crippen LogP contribution is -2.14. The van der Waals surface area contributed by atoms with E-state index in [1.165, 1.54) is 48.2 Å². The second-order valence-electron chi connectivity index (χ2n) is 4.10. The highest BCUT2D eigenvalue weighted by atomic mass is 32.2. The minimum Gasteiger partial charge on any atom is -0.322 e. The summed E-state index contributed by atoms with van der Waals surface area (Å²) in [5, 5.41) is 13.5. The lowest BCUT2D eigenvalue weighted by molar-refractivity contribution is -0.385. The zero-order chi connectivity index (χ0) is 15.4. The molecule has 0 aliphatic rings. The normalized spacial score (nSPS) is 10.2. The number of carbonyl (C=O) groups is 1. The number of halogens is 1. The Kier molecular flexibility index (Phi) is 4.54. The van der Waals surface area contributed by atoms with Crippen LogP contribution in [-0.2, 0) is 0 Å². The number of benzene rings is 2. The van der Waals surface area contributed by atoms with Crippen molar-refractivity contribution >= 4 is 29.0 Å². The van der Waals surface area contributed by atoms with Crippen molar-refractivity contribution in [3.63, 3.8) is 0 Å². The molecule has 108 valence electrons. The SMILES string of the molecule is CSc1ccc([N+](=O)[O-])c(C(=O)Nc2ccc(F)cc2)c1. The number of nitro benzene ring substituents is 1. The van der Waals surface area contributed by atoms with Crippen LogP contribution in [0.1, 0.15) is 10.4 Å². The van der Waals surface area contributed by atoms with Gasteiger partial charge in [-0.05, 0) is 42.7 Å². The van der Waals surface area contributed by atoms with Crippen molar-refractivity contribution in [1.29, 1.82) is 0 Å². The standard InChI is InChI=1S/C14H11FN2O3S/c1-21-11-6-7-13(17(19)20)12(8-11)14(18)16-10-4-2-9(15)3-5-10/h2-8H,1H3,(H,16,18). The smallest absolute Gasteiger partial charge is 0.282 e. The Balaban J connectivity index is 2.33. The highest BCUT2D eigenvalue weighted by molar-refractivity contribution is 7.98. The fourth-order valence-electron chi connectivity index (χ4n) is 1.71. The topological polar surface area (TPSA) is 72.2 Å². The van der Waals surface area contributed by atoms with Crippen LogP contribution in [0.5, 0.6) is 0 Å². The van der Waals surface area contributed by atoms with Crippen molar-refractivity contribution < 1.29 is 14.1 Å². The van der Waals surface area contributed by atoms with Gasteiger partial charge in [-0.25, -0.2) is 4.39 Å². The summed E-state index contributed by atoms with van der Waals surface area (Å²) in [5.74, 6) is -1.03. The lowest BCUT2D eigenvalue weighted by Gasteiger charge is -2.07. The molecule has 21 heavy (non-hydrogen) atoms. The number of rotatable bonds is 4. The van der Waals surface area contributed by atoms with E-state index in [2.05, 4.69) is 5.32 Å². The summed E-state index contributed by atoms with van der Waals surface area (Å²) in [7, 11) is 0. The molecule has 7 heteroatoms. The van der Waals surface area contributed by atoms with E-state index in [0.29, 0.717) is 5.69 Å². The van der Waals surface area contributed by atoms with Gasteiger partial charge in [0, 0.05) is 16.6 Å². The zero-order valence-corrected chi connectivity index (χ0v) is 11.8. The summed E-state index contributed by atoms with van der Waals surface area (Å²) in [5.41, 5.74) is 0.0637. The molecule has 0 aliphatic heterocycles. The summed E-state index contributed by atoms with van der Waals surface area (Å²) in [4.78, 5) is 23.3. The maximum Gasteiger partial charge on any atom is 0.282 e. The summed E-state index contributed by atoms with van der Waals surface area (Å²) in [6.45, 7) is 0. The minimum atomic E-state index is -0.607.